The first-order valence-corrected chi connectivity index (χ1v) is 6.18. The van der Waals surface area contributed by atoms with Gasteiger partial charge in [0.25, 0.3) is 0 Å². The van der Waals surface area contributed by atoms with Crippen molar-refractivity contribution in [3.8, 4) is 0 Å². The van der Waals surface area contributed by atoms with Crippen LogP contribution in [0.1, 0.15) is 31.1 Å². The van der Waals surface area contributed by atoms with Gasteiger partial charge in [0, 0.05) is 0 Å². The van der Waals surface area contributed by atoms with Gasteiger partial charge in [0.2, 0.25) is 0 Å². The molecule has 0 spiro atoms. The maximum atomic E-state index is 11.4. The number of carbonyl (C=O) groups is 3. The summed E-state index contributed by atoms with van der Waals surface area (Å²) in [7, 11) is 0. The van der Waals surface area contributed by atoms with E-state index in [4.69, 9.17) is 12.2 Å². The molecule has 0 atom stereocenters. The van der Waals surface area contributed by atoms with Crippen LogP contribution in [-0.2, 0) is 7.06 Å². The summed E-state index contributed by atoms with van der Waals surface area (Å²) in [6, 6.07) is 3.71. The molecule has 17 heavy (non-hydrogen) atoms. The van der Waals surface area contributed by atoms with Gasteiger partial charge in [-0.1, -0.05) is 0 Å². The minimum absolute atomic E-state index is 0. The van der Waals surface area contributed by atoms with Gasteiger partial charge in [0.15, 0.2) is 0 Å². The van der Waals surface area contributed by atoms with Crippen molar-refractivity contribution in [1.82, 2.24) is 0 Å². The standard InChI is InChI=1S/C9H6O6.Ga.H2O/c10-7(11)4-1-2-5(8(12)13)6(3-4)9(14)15;;/h1-3H,(H,10,11)(H,12,13)(H,14,15);;1H2/q;+2;/p-2. The molecule has 1 aromatic rings. The molecule has 1 aromatic carbocycles. The molecule has 0 saturated carbocycles. The fraction of sp³-hybridized carbons (Fsp3) is 0. The van der Waals surface area contributed by atoms with Crippen LogP contribution in [0.2, 0.25) is 0 Å². The number of carbonyl (C=O) groups excluding carboxylic acids is 2. The molecule has 3 N–H and O–H groups in total. The summed E-state index contributed by atoms with van der Waals surface area (Å²) in [6.45, 7) is 0. The molecule has 87 valence electrons. The quantitative estimate of drug-likeness (QED) is 0.692. The zero-order valence-electron chi connectivity index (χ0n) is 8.30. The molecule has 3 rings (SSSR count). The molecule has 0 amide bonds. The van der Waals surface area contributed by atoms with Crippen molar-refractivity contribution in [2.24, 2.45) is 0 Å². The summed E-state index contributed by atoms with van der Waals surface area (Å²) in [4.78, 5) is 33.7. The molecule has 0 saturated heterocycles. The predicted molar refractivity (Wildman–Crippen MR) is 53.6 cm³/mol. The Morgan fingerprint density at radius 1 is 1.18 bits per heavy atom. The Kier molecular flexibility index (Phi) is 3.94. The van der Waals surface area contributed by atoms with Crippen molar-refractivity contribution in [2.45, 2.75) is 0 Å². The zero-order chi connectivity index (χ0) is 11.7. The fourth-order valence-corrected chi connectivity index (χ4v) is 2.29. The van der Waals surface area contributed by atoms with E-state index in [0.29, 0.717) is 0 Å². The average molecular weight is 296 g/mol. The third-order valence-electron chi connectivity index (χ3n) is 2.02. The van der Waals surface area contributed by atoms with Crippen LogP contribution in [0.4, 0.5) is 0 Å². The number of benzene rings is 1. The Bertz CT molecular complexity index is 496. The van der Waals surface area contributed by atoms with E-state index in [-0.39, 0.29) is 22.2 Å². The molecule has 2 heterocycles. The van der Waals surface area contributed by atoms with Crippen LogP contribution in [-0.4, -0.2) is 46.6 Å². The SMILES string of the molecule is O.O=C1[O][Ga][O]C(=O)c2ccc1cc2C(=O)O. The van der Waals surface area contributed by atoms with Gasteiger partial charge >= 0.3 is 97.5 Å². The number of aromatic carboxylic acids is 1. The van der Waals surface area contributed by atoms with E-state index in [9.17, 15) is 14.4 Å². The molecule has 1 radical (unpaired) electrons. The van der Waals surface area contributed by atoms with Crippen LogP contribution in [0.5, 0.6) is 0 Å². The van der Waals surface area contributed by atoms with Crippen molar-refractivity contribution in [3.05, 3.63) is 34.9 Å². The predicted octanol–water partition coefficient (Wildman–Crippen LogP) is -0.579. The Labute approximate surface area is 103 Å². The number of fused-ring (bicyclic) bond motifs is 6. The van der Waals surface area contributed by atoms with Crippen LogP contribution >= 0.6 is 0 Å². The second-order valence-corrected chi connectivity index (χ2v) is 4.37. The van der Waals surface area contributed by atoms with Gasteiger partial charge in [-0.05, 0) is 0 Å². The van der Waals surface area contributed by atoms with E-state index >= 15 is 0 Å². The summed E-state index contributed by atoms with van der Waals surface area (Å²) in [5, 5.41) is 8.89. The Morgan fingerprint density at radius 2 is 1.82 bits per heavy atom. The number of hydrogen-bond acceptors (Lipinski definition) is 5. The average Bonchev–Trinajstić information content (AvgIpc) is 2.35. The van der Waals surface area contributed by atoms with Crippen LogP contribution < -0.4 is 0 Å². The van der Waals surface area contributed by atoms with E-state index in [1.807, 2.05) is 0 Å². The molecular weight excluding hydrogens is 290 g/mol. The minimum atomic E-state index is -1.90. The van der Waals surface area contributed by atoms with Crippen molar-refractivity contribution in [1.29, 1.82) is 0 Å². The second kappa shape index (κ2) is 5.04. The summed E-state index contributed by atoms with van der Waals surface area (Å²) in [5.74, 6) is -2.71. The number of carboxylic acid groups (broad SMARTS) is 1. The third kappa shape index (κ3) is 2.49. The van der Waals surface area contributed by atoms with E-state index < -0.39 is 36.0 Å². The van der Waals surface area contributed by atoms with Crippen molar-refractivity contribution < 1.29 is 32.0 Å². The van der Waals surface area contributed by atoms with Gasteiger partial charge < -0.3 is 5.48 Å². The topological polar surface area (TPSA) is 121 Å². The number of rotatable bonds is 1. The number of carboxylic acids is 1. The molecule has 2 aliphatic heterocycles. The Hall–Kier alpha value is -1.77. The zero-order valence-corrected chi connectivity index (χ0v) is 10.7. The molecule has 2 aliphatic rings. The third-order valence-corrected chi connectivity index (χ3v) is 3.32. The van der Waals surface area contributed by atoms with E-state index in [0.717, 1.165) is 6.07 Å². The Morgan fingerprint density at radius 3 is 2.47 bits per heavy atom. The van der Waals surface area contributed by atoms with Gasteiger partial charge in [0.05, 0.1) is 0 Å². The van der Waals surface area contributed by atoms with Gasteiger partial charge in [-0.3, -0.25) is 0 Å². The maximum absolute atomic E-state index is 11.4. The summed E-state index contributed by atoms with van der Waals surface area (Å²) >= 11 is -1.90. The summed E-state index contributed by atoms with van der Waals surface area (Å²) < 4.78 is 9.44. The monoisotopic (exact) mass is 295 g/mol. The first-order valence-electron chi connectivity index (χ1n) is 4.20. The summed E-state index contributed by atoms with van der Waals surface area (Å²) in [5.41, 5.74) is -0.207. The molecule has 7 nitrogen and oxygen atoms in total. The van der Waals surface area contributed by atoms with Crippen LogP contribution in [0.25, 0.3) is 0 Å². The van der Waals surface area contributed by atoms with Crippen LogP contribution in [0.3, 0.4) is 0 Å². The molecule has 2 bridgehead atoms. The fourth-order valence-electron chi connectivity index (χ4n) is 1.27. The van der Waals surface area contributed by atoms with Gasteiger partial charge in [-0.25, -0.2) is 0 Å². The first kappa shape index (κ1) is 13.3. The first-order chi connectivity index (χ1) is 7.59. The normalized spacial score (nSPS) is 13.2. The van der Waals surface area contributed by atoms with Crippen molar-refractivity contribution in [2.75, 3.05) is 0 Å². The van der Waals surface area contributed by atoms with Crippen molar-refractivity contribution in [3.63, 3.8) is 0 Å². The van der Waals surface area contributed by atoms with E-state index in [2.05, 4.69) is 0 Å². The molecule has 0 fully saturated rings. The van der Waals surface area contributed by atoms with E-state index in [1.165, 1.54) is 12.1 Å². The second-order valence-electron chi connectivity index (χ2n) is 2.97. The molecule has 0 unspecified atom stereocenters. The molecule has 0 aliphatic carbocycles. The van der Waals surface area contributed by atoms with Gasteiger partial charge in [-0.2, -0.15) is 0 Å². The van der Waals surface area contributed by atoms with Gasteiger partial charge in [-0.15, -0.1) is 0 Å². The molecule has 8 heteroatoms. The van der Waals surface area contributed by atoms with E-state index in [1.54, 1.807) is 0 Å². The van der Waals surface area contributed by atoms with Crippen molar-refractivity contribution >= 4 is 36.0 Å². The number of hydrogen-bond donors (Lipinski definition) is 1. The van der Waals surface area contributed by atoms with Gasteiger partial charge in [0.1, 0.15) is 0 Å². The molecule has 0 aromatic heterocycles. The molecular formula is C9H6GaO7. The summed E-state index contributed by atoms with van der Waals surface area (Å²) in [6.07, 6.45) is 0. The van der Waals surface area contributed by atoms with Crippen LogP contribution in [0, 0.1) is 0 Å². The Balaban J connectivity index is 0.00000144. The van der Waals surface area contributed by atoms with Crippen LogP contribution in [0.15, 0.2) is 18.2 Å².